The summed E-state index contributed by atoms with van der Waals surface area (Å²) in [5.41, 5.74) is 0.821. The minimum absolute atomic E-state index is 0.0282. The molecule has 2 aromatic rings. The first kappa shape index (κ1) is 13.6. The van der Waals surface area contributed by atoms with Crippen molar-refractivity contribution in [3.8, 4) is 5.75 Å². The molecule has 0 spiro atoms. The van der Waals surface area contributed by atoms with E-state index in [1.807, 2.05) is 0 Å². The fourth-order valence-corrected chi connectivity index (χ4v) is 1.88. The van der Waals surface area contributed by atoms with Crippen molar-refractivity contribution < 1.29 is 9.90 Å². The van der Waals surface area contributed by atoms with E-state index in [4.69, 9.17) is 23.2 Å². The zero-order valence-electron chi connectivity index (χ0n) is 9.82. The molecule has 7 heteroatoms. The average Bonchev–Trinajstić information content (AvgIpc) is 2.37. The summed E-state index contributed by atoms with van der Waals surface area (Å²) in [5.74, 6) is -0.635. The number of nitrogens with one attached hydrogen (secondary N) is 1. The summed E-state index contributed by atoms with van der Waals surface area (Å²) in [6.45, 7) is 1.69. The minimum Gasteiger partial charge on any atom is -0.507 e. The molecule has 1 aromatic carbocycles. The number of rotatable bonds is 2. The third-order valence-corrected chi connectivity index (χ3v) is 3.05. The van der Waals surface area contributed by atoms with E-state index in [1.165, 1.54) is 12.4 Å². The Balaban J connectivity index is 2.34. The molecule has 0 aliphatic heterocycles. The summed E-state index contributed by atoms with van der Waals surface area (Å²) < 4.78 is 0. The Hall–Kier alpha value is -1.85. The molecule has 2 rings (SSSR count). The Kier molecular flexibility index (Phi) is 3.87. The summed E-state index contributed by atoms with van der Waals surface area (Å²) >= 11 is 11.6. The summed E-state index contributed by atoms with van der Waals surface area (Å²) in [6, 6.07) is 4.84. The highest BCUT2D eigenvalue weighted by Crippen LogP contribution is 2.28. The maximum atomic E-state index is 12.0. The second-order valence-corrected chi connectivity index (χ2v) is 4.47. The largest absolute Gasteiger partial charge is 0.507 e. The van der Waals surface area contributed by atoms with Gasteiger partial charge in [-0.05, 0) is 18.6 Å². The van der Waals surface area contributed by atoms with Gasteiger partial charge in [-0.25, -0.2) is 9.97 Å². The third-order valence-electron chi connectivity index (χ3n) is 2.48. The first-order valence-electron chi connectivity index (χ1n) is 5.26. The number of aromatic hydroxyl groups is 1. The number of anilines is 1. The molecule has 0 aliphatic rings. The van der Waals surface area contributed by atoms with Gasteiger partial charge in [0, 0.05) is 0 Å². The number of aryl methyl sites for hydroxylation is 1. The quantitative estimate of drug-likeness (QED) is 0.836. The number of hydrogen-bond acceptors (Lipinski definition) is 4. The minimum atomic E-state index is -0.542. The van der Waals surface area contributed by atoms with Gasteiger partial charge in [0.2, 0.25) is 0 Å². The van der Waals surface area contributed by atoms with Crippen molar-refractivity contribution >= 4 is 34.8 Å². The second-order valence-electron chi connectivity index (χ2n) is 3.76. The fourth-order valence-electron chi connectivity index (χ4n) is 1.47. The maximum absolute atomic E-state index is 12.0. The van der Waals surface area contributed by atoms with Gasteiger partial charge in [-0.1, -0.05) is 35.3 Å². The van der Waals surface area contributed by atoms with Crippen LogP contribution in [0.2, 0.25) is 10.3 Å². The van der Waals surface area contributed by atoms with Crippen LogP contribution >= 0.6 is 23.2 Å². The average molecular weight is 298 g/mol. The van der Waals surface area contributed by atoms with Gasteiger partial charge in [-0.2, -0.15) is 0 Å². The molecule has 19 heavy (non-hydrogen) atoms. The summed E-state index contributed by atoms with van der Waals surface area (Å²) in [5, 5.41) is 12.4. The first-order valence-corrected chi connectivity index (χ1v) is 6.02. The lowest BCUT2D eigenvalue weighted by Crippen LogP contribution is -2.13. The lowest BCUT2D eigenvalue weighted by Gasteiger charge is -2.09. The number of carbonyl (C=O) groups excluding carboxylic acids is 1. The molecular weight excluding hydrogens is 289 g/mol. The van der Waals surface area contributed by atoms with Gasteiger partial charge in [0.15, 0.2) is 10.3 Å². The Morgan fingerprint density at radius 2 is 1.89 bits per heavy atom. The van der Waals surface area contributed by atoms with Gasteiger partial charge in [0.1, 0.15) is 17.8 Å². The van der Waals surface area contributed by atoms with Crippen molar-refractivity contribution in [1.29, 1.82) is 0 Å². The molecule has 0 radical (unpaired) electrons. The zero-order chi connectivity index (χ0) is 14.0. The number of nitrogens with zero attached hydrogens (tertiary/aromatic N) is 2. The maximum Gasteiger partial charge on any atom is 0.259 e. The third kappa shape index (κ3) is 2.77. The predicted octanol–water partition coefficient (Wildman–Crippen LogP) is 3.05. The van der Waals surface area contributed by atoms with Gasteiger partial charge >= 0.3 is 0 Å². The van der Waals surface area contributed by atoms with Crippen molar-refractivity contribution in [1.82, 2.24) is 9.97 Å². The van der Waals surface area contributed by atoms with E-state index in [0.29, 0.717) is 5.56 Å². The van der Waals surface area contributed by atoms with E-state index in [2.05, 4.69) is 15.3 Å². The monoisotopic (exact) mass is 297 g/mol. The highest BCUT2D eigenvalue weighted by atomic mass is 35.5. The number of phenols is 1. The van der Waals surface area contributed by atoms with E-state index >= 15 is 0 Å². The normalized spacial score (nSPS) is 10.3. The SMILES string of the molecule is Cc1cccc(C(=O)Nc2c(Cl)ncnc2Cl)c1O. The van der Waals surface area contributed by atoms with Gasteiger partial charge in [-0.15, -0.1) is 0 Å². The molecule has 5 nitrogen and oxygen atoms in total. The topological polar surface area (TPSA) is 75.1 Å². The molecule has 2 N–H and O–H groups in total. The molecular formula is C12H9Cl2N3O2. The molecule has 98 valence electrons. The number of para-hydroxylation sites is 1. The molecule has 0 bridgehead atoms. The molecule has 0 saturated carbocycles. The predicted molar refractivity (Wildman–Crippen MR) is 72.8 cm³/mol. The van der Waals surface area contributed by atoms with Crippen molar-refractivity contribution in [2.75, 3.05) is 5.32 Å². The smallest absolute Gasteiger partial charge is 0.259 e. The van der Waals surface area contributed by atoms with Crippen molar-refractivity contribution in [3.63, 3.8) is 0 Å². The van der Waals surface area contributed by atoms with Crippen LogP contribution in [0.1, 0.15) is 15.9 Å². The van der Waals surface area contributed by atoms with E-state index in [1.54, 1.807) is 19.1 Å². The lowest BCUT2D eigenvalue weighted by atomic mass is 10.1. The summed E-state index contributed by atoms with van der Waals surface area (Å²) in [6.07, 6.45) is 1.18. The highest BCUT2D eigenvalue weighted by Gasteiger charge is 2.16. The molecule has 1 heterocycles. The van der Waals surface area contributed by atoms with Gasteiger partial charge in [0.05, 0.1) is 5.56 Å². The standard InChI is InChI=1S/C12H9Cl2N3O2/c1-6-3-2-4-7(9(6)18)12(19)17-8-10(13)15-5-16-11(8)14/h2-5,18H,1H3,(H,17,19). The number of phenolic OH excluding ortho intramolecular Hbond substituents is 1. The number of benzene rings is 1. The van der Waals surface area contributed by atoms with Crippen LogP contribution < -0.4 is 5.32 Å². The van der Waals surface area contributed by atoms with Crippen LogP contribution in [0.3, 0.4) is 0 Å². The van der Waals surface area contributed by atoms with Crippen molar-refractivity contribution in [2.45, 2.75) is 6.92 Å². The van der Waals surface area contributed by atoms with Crippen molar-refractivity contribution in [3.05, 3.63) is 46.0 Å². The molecule has 0 aliphatic carbocycles. The lowest BCUT2D eigenvalue weighted by molar-refractivity contribution is 0.102. The Morgan fingerprint density at radius 1 is 1.26 bits per heavy atom. The van der Waals surface area contributed by atoms with E-state index < -0.39 is 5.91 Å². The molecule has 1 aromatic heterocycles. The van der Waals surface area contributed by atoms with Gasteiger partial charge in [-0.3, -0.25) is 4.79 Å². The number of hydrogen-bond donors (Lipinski definition) is 2. The summed E-state index contributed by atoms with van der Waals surface area (Å²) in [7, 11) is 0. The van der Waals surface area contributed by atoms with Crippen LogP contribution in [0.4, 0.5) is 5.69 Å². The summed E-state index contributed by atoms with van der Waals surface area (Å²) in [4.78, 5) is 19.5. The van der Waals surface area contributed by atoms with Crippen LogP contribution in [0.15, 0.2) is 24.5 Å². The highest BCUT2D eigenvalue weighted by molar-refractivity contribution is 6.38. The van der Waals surface area contributed by atoms with E-state index in [0.717, 1.165) is 0 Å². The fraction of sp³-hybridized carbons (Fsp3) is 0.0833. The second kappa shape index (κ2) is 5.42. The zero-order valence-corrected chi connectivity index (χ0v) is 11.3. The molecule has 0 unspecified atom stereocenters. The molecule has 0 fully saturated rings. The van der Waals surface area contributed by atoms with Crippen molar-refractivity contribution in [2.24, 2.45) is 0 Å². The molecule has 0 atom stereocenters. The Bertz CT molecular complexity index is 627. The Labute approximate surface area is 119 Å². The van der Waals surface area contributed by atoms with Crippen LogP contribution in [0, 0.1) is 6.92 Å². The van der Waals surface area contributed by atoms with E-state index in [-0.39, 0.29) is 27.3 Å². The number of amides is 1. The first-order chi connectivity index (χ1) is 9.00. The van der Waals surface area contributed by atoms with Crippen LogP contribution in [0.5, 0.6) is 5.75 Å². The van der Waals surface area contributed by atoms with Gasteiger partial charge in [0.25, 0.3) is 5.91 Å². The number of aromatic nitrogens is 2. The van der Waals surface area contributed by atoms with Gasteiger partial charge < -0.3 is 10.4 Å². The molecule has 0 saturated heterocycles. The number of carbonyl (C=O) groups is 1. The van der Waals surface area contributed by atoms with Crippen LogP contribution in [0.25, 0.3) is 0 Å². The van der Waals surface area contributed by atoms with Crippen LogP contribution in [-0.2, 0) is 0 Å². The van der Waals surface area contributed by atoms with E-state index in [9.17, 15) is 9.90 Å². The molecule has 1 amide bonds. The Morgan fingerprint density at radius 3 is 2.53 bits per heavy atom. The van der Waals surface area contributed by atoms with Crippen LogP contribution in [-0.4, -0.2) is 21.0 Å². The number of halogens is 2.